The topological polar surface area (TPSA) is 62.1 Å². The number of hydrogen-bond donors (Lipinski definition) is 1. The number of carbonyl (C=O) groups is 1. The average Bonchev–Trinajstić information content (AvgIpc) is 2.96. The van der Waals surface area contributed by atoms with Crippen molar-refractivity contribution in [2.75, 3.05) is 11.9 Å². The summed E-state index contributed by atoms with van der Waals surface area (Å²) in [7, 11) is 0. The third-order valence-electron chi connectivity index (χ3n) is 4.64. The molecule has 1 N–H and O–H groups in total. The van der Waals surface area contributed by atoms with Crippen LogP contribution in [0.25, 0.3) is 0 Å². The molecule has 0 saturated heterocycles. The number of anilines is 1. The van der Waals surface area contributed by atoms with E-state index in [1.54, 1.807) is 0 Å². The molecule has 1 amide bonds. The molecule has 1 aromatic carbocycles. The summed E-state index contributed by atoms with van der Waals surface area (Å²) in [6.07, 6.45) is 3.82. The number of ether oxygens (including phenoxy) is 1. The zero-order chi connectivity index (χ0) is 18.7. The molecule has 0 fully saturated rings. The Morgan fingerprint density at radius 2 is 2.31 bits per heavy atom. The minimum absolute atomic E-state index is 0.0710. The first-order valence-electron chi connectivity index (χ1n) is 8.77. The molecule has 3 rings (SSSR count). The van der Waals surface area contributed by atoms with Crippen molar-refractivity contribution in [2.24, 2.45) is 5.92 Å². The molecule has 0 aliphatic heterocycles. The minimum Gasteiger partial charge on any atom is -0.483 e. The lowest BCUT2D eigenvalue weighted by Crippen LogP contribution is -2.20. The Balaban J connectivity index is 1.69. The van der Waals surface area contributed by atoms with E-state index in [0.29, 0.717) is 22.2 Å². The van der Waals surface area contributed by atoms with Crippen LogP contribution in [0.2, 0.25) is 0 Å². The van der Waals surface area contributed by atoms with Crippen molar-refractivity contribution in [3.8, 4) is 11.8 Å². The molecule has 1 heterocycles. The van der Waals surface area contributed by atoms with E-state index in [4.69, 9.17) is 4.74 Å². The van der Waals surface area contributed by atoms with E-state index in [-0.39, 0.29) is 12.5 Å². The number of halogens is 1. The maximum atomic E-state index is 12.3. The zero-order valence-corrected chi connectivity index (χ0v) is 17.3. The van der Waals surface area contributed by atoms with Gasteiger partial charge in [0.05, 0.1) is 5.56 Å². The van der Waals surface area contributed by atoms with Crippen molar-refractivity contribution >= 4 is 38.2 Å². The van der Waals surface area contributed by atoms with Crippen LogP contribution in [0.15, 0.2) is 22.7 Å². The fourth-order valence-electron chi connectivity index (χ4n) is 3.23. The fraction of sp³-hybridized carbons (Fsp3) is 0.400. The van der Waals surface area contributed by atoms with Gasteiger partial charge in [-0.15, -0.1) is 11.3 Å². The van der Waals surface area contributed by atoms with Gasteiger partial charge in [0.25, 0.3) is 5.91 Å². The monoisotopic (exact) mass is 432 g/mol. The summed E-state index contributed by atoms with van der Waals surface area (Å²) in [5.41, 5.74) is 2.79. The molecule has 2 aromatic rings. The molecule has 26 heavy (non-hydrogen) atoms. The van der Waals surface area contributed by atoms with Crippen molar-refractivity contribution in [1.29, 1.82) is 5.26 Å². The molecule has 6 heteroatoms. The van der Waals surface area contributed by atoms with Crippen molar-refractivity contribution in [1.82, 2.24) is 0 Å². The van der Waals surface area contributed by atoms with Crippen LogP contribution in [0, 0.1) is 17.2 Å². The molecular weight excluding hydrogens is 412 g/mol. The van der Waals surface area contributed by atoms with Gasteiger partial charge in [-0.3, -0.25) is 4.79 Å². The number of thiophene rings is 1. The predicted octanol–water partition coefficient (Wildman–Crippen LogP) is 5.09. The summed E-state index contributed by atoms with van der Waals surface area (Å²) in [5.74, 6) is 1.10. The normalized spacial score (nSPS) is 15.8. The lowest BCUT2D eigenvalue weighted by molar-refractivity contribution is -0.118. The third kappa shape index (κ3) is 4.11. The molecule has 0 bridgehead atoms. The smallest absolute Gasteiger partial charge is 0.262 e. The maximum Gasteiger partial charge on any atom is 0.262 e. The molecule has 0 spiro atoms. The van der Waals surface area contributed by atoms with Crippen LogP contribution in [-0.4, -0.2) is 12.5 Å². The average molecular weight is 433 g/mol. The maximum absolute atomic E-state index is 12.3. The highest BCUT2D eigenvalue weighted by molar-refractivity contribution is 9.10. The number of fused-ring (bicyclic) bond motifs is 1. The largest absolute Gasteiger partial charge is 0.483 e. The summed E-state index contributed by atoms with van der Waals surface area (Å²) in [6, 6.07) is 8.03. The van der Waals surface area contributed by atoms with Gasteiger partial charge in [-0.25, -0.2) is 0 Å². The number of hydrogen-bond acceptors (Lipinski definition) is 4. The van der Waals surface area contributed by atoms with Gasteiger partial charge in [0.2, 0.25) is 0 Å². The molecule has 1 aliphatic carbocycles. The molecule has 1 aromatic heterocycles. The van der Waals surface area contributed by atoms with E-state index < -0.39 is 0 Å². The number of rotatable bonds is 5. The number of carbonyl (C=O) groups excluding carboxylic acids is 1. The van der Waals surface area contributed by atoms with Gasteiger partial charge in [-0.05, 0) is 60.9 Å². The van der Waals surface area contributed by atoms with Crippen molar-refractivity contribution in [2.45, 2.75) is 39.5 Å². The van der Waals surface area contributed by atoms with Crippen LogP contribution in [0.1, 0.15) is 41.8 Å². The van der Waals surface area contributed by atoms with Crippen LogP contribution < -0.4 is 10.1 Å². The van der Waals surface area contributed by atoms with E-state index in [1.165, 1.54) is 16.2 Å². The Labute approximate surface area is 166 Å². The molecular formula is C20H21BrN2O2S. The Hall–Kier alpha value is -1.84. The molecule has 1 unspecified atom stereocenters. The van der Waals surface area contributed by atoms with Gasteiger partial charge >= 0.3 is 0 Å². The molecule has 0 saturated carbocycles. The Morgan fingerprint density at radius 1 is 1.50 bits per heavy atom. The Morgan fingerprint density at radius 3 is 3.04 bits per heavy atom. The molecule has 4 nitrogen and oxygen atoms in total. The second-order valence-corrected chi connectivity index (χ2v) is 8.63. The van der Waals surface area contributed by atoms with Crippen LogP contribution in [-0.2, 0) is 24.1 Å². The van der Waals surface area contributed by atoms with Crippen molar-refractivity contribution in [3.05, 3.63) is 44.2 Å². The Kier molecular flexibility index (Phi) is 6.00. The molecule has 136 valence electrons. The summed E-state index contributed by atoms with van der Waals surface area (Å²) in [6.45, 7) is 4.20. The van der Waals surface area contributed by atoms with Gasteiger partial charge < -0.3 is 10.1 Å². The first-order chi connectivity index (χ1) is 12.5. The van der Waals surface area contributed by atoms with Crippen LogP contribution in [0.5, 0.6) is 5.75 Å². The highest BCUT2D eigenvalue weighted by Crippen LogP contribution is 2.39. The molecule has 1 atom stereocenters. The van der Waals surface area contributed by atoms with E-state index in [1.807, 2.05) is 25.1 Å². The second kappa shape index (κ2) is 8.24. The minimum atomic E-state index is -0.238. The highest BCUT2D eigenvalue weighted by Gasteiger charge is 2.24. The zero-order valence-electron chi connectivity index (χ0n) is 14.9. The second-order valence-electron chi connectivity index (χ2n) is 6.61. The van der Waals surface area contributed by atoms with E-state index in [2.05, 4.69) is 34.2 Å². The number of aryl methyl sites for hydroxylation is 1. The first-order valence-corrected chi connectivity index (χ1v) is 10.4. The SMILES string of the molecule is CCc1cc(Br)ccc1OCC(=O)Nc1sc2c(c1C#N)CCC(C)C2. The van der Waals surface area contributed by atoms with E-state index in [9.17, 15) is 10.1 Å². The highest BCUT2D eigenvalue weighted by atomic mass is 79.9. The van der Waals surface area contributed by atoms with E-state index >= 15 is 0 Å². The fourth-order valence-corrected chi connectivity index (χ4v) is 5.01. The van der Waals surface area contributed by atoms with Gasteiger partial charge in [0.15, 0.2) is 6.61 Å². The third-order valence-corrected chi connectivity index (χ3v) is 6.30. The van der Waals surface area contributed by atoms with Gasteiger partial charge in [0.1, 0.15) is 16.8 Å². The standard InChI is InChI=1S/C20H21BrN2O2S/c1-3-13-9-14(21)5-7-17(13)25-11-19(24)23-20-16(10-22)15-6-4-12(2)8-18(15)26-20/h5,7,9,12H,3-4,6,8,11H2,1-2H3,(H,23,24). The lowest BCUT2D eigenvalue weighted by Gasteiger charge is -2.17. The predicted molar refractivity (Wildman–Crippen MR) is 108 cm³/mol. The quantitative estimate of drug-likeness (QED) is 0.715. The van der Waals surface area contributed by atoms with E-state index in [0.717, 1.165) is 41.3 Å². The van der Waals surface area contributed by atoms with Gasteiger partial charge in [-0.2, -0.15) is 5.26 Å². The summed E-state index contributed by atoms with van der Waals surface area (Å²) < 4.78 is 6.69. The first kappa shape index (κ1) is 18.9. The number of amides is 1. The number of nitrogens with one attached hydrogen (secondary N) is 1. The van der Waals surface area contributed by atoms with Crippen molar-refractivity contribution < 1.29 is 9.53 Å². The molecule has 0 radical (unpaired) electrons. The van der Waals surface area contributed by atoms with Gasteiger partial charge in [-0.1, -0.05) is 29.8 Å². The van der Waals surface area contributed by atoms with Gasteiger partial charge in [0, 0.05) is 9.35 Å². The van der Waals surface area contributed by atoms with Crippen molar-refractivity contribution in [3.63, 3.8) is 0 Å². The van der Waals surface area contributed by atoms with Crippen LogP contribution in [0.3, 0.4) is 0 Å². The number of nitriles is 1. The number of benzene rings is 1. The summed E-state index contributed by atoms with van der Waals surface area (Å²) >= 11 is 4.98. The summed E-state index contributed by atoms with van der Waals surface area (Å²) in [5, 5.41) is 13.0. The lowest BCUT2D eigenvalue weighted by atomic mass is 9.89. The summed E-state index contributed by atoms with van der Waals surface area (Å²) in [4.78, 5) is 13.6. The van der Waals surface area contributed by atoms with Crippen LogP contribution >= 0.6 is 27.3 Å². The van der Waals surface area contributed by atoms with Crippen LogP contribution in [0.4, 0.5) is 5.00 Å². The Bertz CT molecular complexity index is 869. The number of nitrogens with zero attached hydrogens (tertiary/aromatic N) is 1. The molecule has 1 aliphatic rings.